The zero-order valence-electron chi connectivity index (χ0n) is 13.8. The van der Waals surface area contributed by atoms with E-state index in [-0.39, 0.29) is 5.84 Å². The van der Waals surface area contributed by atoms with Crippen LogP contribution in [0.2, 0.25) is 0 Å². The summed E-state index contributed by atoms with van der Waals surface area (Å²) in [5, 5.41) is 20.6. The Morgan fingerprint density at radius 2 is 2.09 bits per heavy atom. The number of hydrogen-bond acceptors (Lipinski definition) is 7. The summed E-state index contributed by atoms with van der Waals surface area (Å²) in [6, 6.07) is 0. The van der Waals surface area contributed by atoms with Crippen LogP contribution in [-0.4, -0.2) is 78.4 Å². The number of aliphatic imine (C=N–C) groups is 1. The topological polar surface area (TPSA) is 101 Å². The first-order chi connectivity index (χ1) is 10.6. The molecule has 23 heavy (non-hydrogen) atoms. The maximum atomic E-state index is 10.3. The van der Waals surface area contributed by atoms with E-state index in [1.807, 2.05) is 0 Å². The molecular weight excluding hydrogens is 317 g/mol. The van der Waals surface area contributed by atoms with Crippen molar-refractivity contribution in [2.75, 3.05) is 26.6 Å². The smallest absolute Gasteiger partial charge is 0.177 e. The van der Waals surface area contributed by atoms with Crippen molar-refractivity contribution in [2.24, 2.45) is 10.7 Å². The lowest BCUT2D eigenvalue weighted by molar-refractivity contribution is -0.0590. The second kappa shape index (κ2) is 6.69. The van der Waals surface area contributed by atoms with Crippen LogP contribution in [0.4, 0.5) is 0 Å². The quantitative estimate of drug-likeness (QED) is 0.615. The van der Waals surface area contributed by atoms with E-state index in [1.54, 1.807) is 6.20 Å². The number of nitrogens with zero attached hydrogens (tertiary/aromatic N) is 2. The Morgan fingerprint density at radius 3 is 2.65 bits per heavy atom. The lowest BCUT2D eigenvalue weighted by atomic mass is 10.1. The number of rotatable bonds is 5. The van der Waals surface area contributed by atoms with Gasteiger partial charge in [-0.15, -0.1) is 13.2 Å². The number of amidine groups is 1. The first-order valence-corrected chi connectivity index (χ1v) is 10.5. The molecule has 0 aromatic carbocycles. The maximum absolute atomic E-state index is 10.3. The summed E-state index contributed by atoms with van der Waals surface area (Å²) in [5.74, 6) is 0.892. The second-order valence-corrected chi connectivity index (χ2v) is 10.8. The van der Waals surface area contributed by atoms with E-state index in [0.29, 0.717) is 18.0 Å². The van der Waals surface area contributed by atoms with Gasteiger partial charge in [0.15, 0.2) is 17.8 Å². The lowest BCUT2D eigenvalue weighted by Crippen LogP contribution is -2.42. The highest BCUT2D eigenvalue weighted by molar-refractivity contribution is 7.72. The molecule has 0 aromatic rings. The van der Waals surface area contributed by atoms with E-state index in [2.05, 4.69) is 31.2 Å². The fourth-order valence-electron chi connectivity index (χ4n) is 2.57. The normalized spacial score (nSPS) is 31.9. The van der Waals surface area contributed by atoms with Gasteiger partial charge in [-0.05, 0) is 25.9 Å². The van der Waals surface area contributed by atoms with Crippen molar-refractivity contribution in [3.63, 3.8) is 0 Å². The van der Waals surface area contributed by atoms with Gasteiger partial charge in [-0.25, -0.2) is 4.99 Å². The van der Waals surface area contributed by atoms with Gasteiger partial charge in [0.2, 0.25) is 0 Å². The van der Waals surface area contributed by atoms with E-state index in [1.165, 1.54) is 12.0 Å². The molecule has 4 atom stereocenters. The van der Waals surface area contributed by atoms with Crippen molar-refractivity contribution >= 4 is 19.0 Å². The molecule has 8 heteroatoms. The van der Waals surface area contributed by atoms with Crippen LogP contribution >= 0.6 is 6.89 Å². The summed E-state index contributed by atoms with van der Waals surface area (Å²) in [4.78, 5) is 5.62. The van der Waals surface area contributed by atoms with Gasteiger partial charge in [0.05, 0.1) is 19.4 Å². The molecule has 0 radical (unpaired) electrons. The van der Waals surface area contributed by atoms with Gasteiger partial charge in [-0.1, -0.05) is 6.58 Å². The molecule has 0 unspecified atom stereocenters. The average molecular weight is 343 g/mol. The van der Waals surface area contributed by atoms with Crippen molar-refractivity contribution in [1.29, 1.82) is 0 Å². The summed E-state index contributed by atoms with van der Waals surface area (Å²) < 4.78 is 11.0. The minimum Gasteiger partial charge on any atom is -0.491 e. The van der Waals surface area contributed by atoms with Crippen molar-refractivity contribution in [3.8, 4) is 0 Å². The Hall–Kier alpha value is -1.27. The van der Waals surface area contributed by atoms with Crippen LogP contribution in [0, 0.1) is 0 Å². The summed E-state index contributed by atoms with van der Waals surface area (Å²) in [6.45, 7) is 6.83. The summed E-state index contributed by atoms with van der Waals surface area (Å²) >= 11 is 0. The third kappa shape index (κ3) is 3.98. The molecular formula is C15H26N3O4P. The highest BCUT2D eigenvalue weighted by Crippen LogP contribution is 2.38. The molecule has 2 aliphatic rings. The summed E-state index contributed by atoms with van der Waals surface area (Å²) in [7, 11) is 1.48. The molecule has 130 valence electrons. The standard InChI is InChI=1S/C15H26N3O4P/c1-9-17-14(16)11(21-2)8-18(9)15-13(20)12(19)10(22-15)6-7-23(3,4)5/h8,10,12-13,15,19-20H,1,3,6-7H2,2,4-5H3,(H2,16,17)/t10-,12-,13-,15-/m1/s1. The highest BCUT2D eigenvalue weighted by Gasteiger charge is 2.46. The van der Waals surface area contributed by atoms with E-state index in [9.17, 15) is 10.2 Å². The second-order valence-electron chi connectivity index (χ2n) is 6.51. The Kier molecular flexibility index (Phi) is 5.26. The highest BCUT2D eigenvalue weighted by atomic mass is 31.2. The fraction of sp³-hybridized carbons (Fsp3) is 0.600. The minimum atomic E-state index is -1.23. The predicted octanol–water partition coefficient (Wildman–Crippen LogP) is 0.164. The predicted molar refractivity (Wildman–Crippen MR) is 93.7 cm³/mol. The first kappa shape index (κ1) is 18.1. The van der Waals surface area contributed by atoms with Crippen LogP contribution in [0.3, 0.4) is 0 Å². The van der Waals surface area contributed by atoms with E-state index >= 15 is 0 Å². The molecule has 0 aliphatic carbocycles. The molecule has 0 bridgehead atoms. The lowest BCUT2D eigenvalue weighted by Gasteiger charge is -2.31. The monoisotopic (exact) mass is 343 g/mol. The zero-order chi connectivity index (χ0) is 17.4. The van der Waals surface area contributed by atoms with Gasteiger partial charge in [-0.3, -0.25) is 0 Å². The van der Waals surface area contributed by atoms with Gasteiger partial charge in [0.1, 0.15) is 18.0 Å². The van der Waals surface area contributed by atoms with Crippen molar-refractivity contribution in [2.45, 2.75) is 31.0 Å². The number of nitrogens with two attached hydrogens (primary N) is 1. The SMILES string of the molecule is C=C1N=C(N)C(OC)=CN1[C@@H]1O[C@H](CCP(=C)(C)C)[C@@H](O)[C@H]1O. The van der Waals surface area contributed by atoms with Gasteiger partial charge in [0.25, 0.3) is 0 Å². The fourth-order valence-corrected chi connectivity index (χ4v) is 3.52. The summed E-state index contributed by atoms with van der Waals surface area (Å²) in [5.41, 5.74) is 5.74. The Bertz CT molecular complexity index is 583. The molecule has 4 N–H and O–H groups in total. The van der Waals surface area contributed by atoms with E-state index < -0.39 is 31.4 Å². The third-order valence-corrected chi connectivity index (χ3v) is 5.38. The minimum absolute atomic E-state index is 0.210. The van der Waals surface area contributed by atoms with Crippen LogP contribution < -0.4 is 5.73 Å². The third-order valence-electron chi connectivity index (χ3n) is 3.91. The van der Waals surface area contributed by atoms with E-state index in [0.717, 1.165) is 6.16 Å². The number of aliphatic hydroxyl groups is 2. The molecule has 0 saturated carbocycles. The Balaban J connectivity index is 2.13. The van der Waals surface area contributed by atoms with Crippen LogP contribution in [-0.2, 0) is 9.47 Å². The largest absolute Gasteiger partial charge is 0.491 e. The van der Waals surface area contributed by atoms with Crippen molar-refractivity contribution < 1.29 is 19.7 Å². The van der Waals surface area contributed by atoms with Crippen LogP contribution in [0.1, 0.15) is 6.42 Å². The molecule has 0 aromatic heterocycles. The zero-order valence-corrected chi connectivity index (χ0v) is 14.7. The first-order valence-electron chi connectivity index (χ1n) is 7.40. The Labute approximate surface area is 137 Å². The maximum Gasteiger partial charge on any atom is 0.177 e. The van der Waals surface area contributed by atoms with Gasteiger partial charge in [0, 0.05) is 0 Å². The number of hydrogen-bond donors (Lipinski definition) is 3. The van der Waals surface area contributed by atoms with Gasteiger partial charge in [-0.2, -0.15) is 0 Å². The van der Waals surface area contributed by atoms with Crippen LogP contribution in [0.25, 0.3) is 0 Å². The molecule has 1 fully saturated rings. The van der Waals surface area contributed by atoms with Gasteiger partial charge >= 0.3 is 0 Å². The van der Waals surface area contributed by atoms with Crippen LogP contribution in [0.5, 0.6) is 0 Å². The molecule has 0 spiro atoms. The number of aliphatic hydroxyl groups excluding tert-OH is 2. The molecule has 2 aliphatic heterocycles. The van der Waals surface area contributed by atoms with Crippen LogP contribution in [0.15, 0.2) is 29.4 Å². The molecule has 2 rings (SSSR count). The van der Waals surface area contributed by atoms with Crippen molar-refractivity contribution in [1.82, 2.24) is 4.90 Å². The number of ether oxygens (including phenoxy) is 2. The molecule has 0 amide bonds. The van der Waals surface area contributed by atoms with E-state index in [4.69, 9.17) is 15.2 Å². The molecule has 1 saturated heterocycles. The molecule has 2 heterocycles. The van der Waals surface area contributed by atoms with Gasteiger partial charge < -0.3 is 30.3 Å². The number of methoxy groups -OCH3 is 1. The molecule has 7 nitrogen and oxygen atoms in total. The van der Waals surface area contributed by atoms with Crippen molar-refractivity contribution in [3.05, 3.63) is 24.4 Å². The Morgan fingerprint density at radius 1 is 1.43 bits per heavy atom. The average Bonchev–Trinajstić information content (AvgIpc) is 2.73. The summed E-state index contributed by atoms with van der Waals surface area (Å²) in [6.07, 6.45) is 3.97.